The Balaban J connectivity index is 2.16. The van der Waals surface area contributed by atoms with E-state index in [0.717, 1.165) is 12.8 Å². The van der Waals surface area contributed by atoms with Crippen molar-refractivity contribution in [2.45, 2.75) is 18.9 Å². The van der Waals surface area contributed by atoms with E-state index in [1.165, 1.54) is 18.2 Å². The highest BCUT2D eigenvalue weighted by atomic mass is 16.4. The number of rotatable bonds is 3. The Morgan fingerprint density at radius 3 is 2.62 bits per heavy atom. The van der Waals surface area contributed by atoms with Gasteiger partial charge < -0.3 is 21.1 Å². The first-order valence-corrected chi connectivity index (χ1v) is 5.14. The fourth-order valence-corrected chi connectivity index (χ4v) is 1.45. The molecule has 0 atom stereocenters. The molecule has 5 nitrogen and oxygen atoms in total. The SMILES string of the molecule is Nc1cc(C(=O)NC2CC2)ccc1B(O)O. The van der Waals surface area contributed by atoms with Crippen molar-refractivity contribution in [3.63, 3.8) is 0 Å². The molecule has 0 heterocycles. The smallest absolute Gasteiger partial charge is 0.423 e. The van der Waals surface area contributed by atoms with Crippen LogP contribution in [0.1, 0.15) is 23.2 Å². The van der Waals surface area contributed by atoms with Crippen LogP contribution in [0.15, 0.2) is 18.2 Å². The quantitative estimate of drug-likeness (QED) is 0.381. The van der Waals surface area contributed by atoms with Gasteiger partial charge in [0.2, 0.25) is 0 Å². The van der Waals surface area contributed by atoms with Crippen molar-refractivity contribution in [2.75, 3.05) is 5.73 Å². The summed E-state index contributed by atoms with van der Waals surface area (Å²) in [7, 11) is -1.61. The van der Waals surface area contributed by atoms with E-state index in [-0.39, 0.29) is 23.1 Å². The molecule has 0 aromatic heterocycles. The number of nitrogen functional groups attached to an aromatic ring is 1. The van der Waals surface area contributed by atoms with Crippen LogP contribution in [-0.2, 0) is 0 Å². The maximum atomic E-state index is 11.6. The normalized spacial score (nSPS) is 14.6. The molecule has 84 valence electrons. The zero-order valence-electron chi connectivity index (χ0n) is 8.68. The van der Waals surface area contributed by atoms with Crippen LogP contribution in [0, 0.1) is 0 Å². The molecule has 1 aliphatic carbocycles. The number of carbonyl (C=O) groups excluding carboxylic acids is 1. The van der Waals surface area contributed by atoms with Crippen molar-refractivity contribution in [3.05, 3.63) is 23.8 Å². The molecule has 0 radical (unpaired) electrons. The third-order valence-corrected chi connectivity index (χ3v) is 2.54. The summed E-state index contributed by atoms with van der Waals surface area (Å²) in [4.78, 5) is 11.6. The molecular formula is C10H13BN2O3. The van der Waals surface area contributed by atoms with E-state index in [1.807, 2.05) is 0 Å². The summed E-state index contributed by atoms with van der Waals surface area (Å²) in [6.07, 6.45) is 2.04. The highest BCUT2D eigenvalue weighted by Gasteiger charge is 2.24. The van der Waals surface area contributed by atoms with Gasteiger partial charge in [0, 0.05) is 22.8 Å². The lowest BCUT2D eigenvalue weighted by atomic mass is 9.78. The van der Waals surface area contributed by atoms with Crippen LogP contribution in [0.4, 0.5) is 5.69 Å². The Bertz CT molecular complexity index is 419. The third kappa shape index (κ3) is 2.34. The van der Waals surface area contributed by atoms with Crippen molar-refractivity contribution in [3.8, 4) is 0 Å². The Morgan fingerprint density at radius 1 is 1.44 bits per heavy atom. The predicted octanol–water partition coefficient (Wildman–Crippen LogP) is -1.16. The van der Waals surface area contributed by atoms with Gasteiger partial charge in [-0.25, -0.2) is 0 Å². The van der Waals surface area contributed by atoms with E-state index in [9.17, 15) is 4.79 Å². The highest BCUT2D eigenvalue weighted by Crippen LogP contribution is 2.19. The van der Waals surface area contributed by atoms with Crippen molar-refractivity contribution < 1.29 is 14.8 Å². The summed E-state index contributed by atoms with van der Waals surface area (Å²) in [6.45, 7) is 0. The minimum atomic E-state index is -1.61. The minimum Gasteiger partial charge on any atom is -0.423 e. The van der Waals surface area contributed by atoms with Gasteiger partial charge in [-0.05, 0) is 25.0 Å². The number of anilines is 1. The molecule has 1 aromatic carbocycles. The summed E-state index contributed by atoms with van der Waals surface area (Å²) < 4.78 is 0. The van der Waals surface area contributed by atoms with Gasteiger partial charge in [0.25, 0.3) is 5.91 Å². The molecule has 1 saturated carbocycles. The van der Waals surface area contributed by atoms with Gasteiger partial charge >= 0.3 is 7.12 Å². The zero-order chi connectivity index (χ0) is 11.7. The van der Waals surface area contributed by atoms with Gasteiger partial charge in [-0.2, -0.15) is 0 Å². The average molecular weight is 220 g/mol. The molecule has 1 aliphatic rings. The second-order valence-corrected chi connectivity index (χ2v) is 3.97. The minimum absolute atomic E-state index is 0.173. The van der Waals surface area contributed by atoms with E-state index in [1.54, 1.807) is 0 Å². The topological polar surface area (TPSA) is 95.6 Å². The van der Waals surface area contributed by atoms with Gasteiger partial charge in [-0.1, -0.05) is 6.07 Å². The molecule has 0 bridgehead atoms. The molecule has 16 heavy (non-hydrogen) atoms. The fraction of sp³-hybridized carbons (Fsp3) is 0.300. The van der Waals surface area contributed by atoms with Crippen molar-refractivity contribution >= 4 is 24.2 Å². The number of benzene rings is 1. The molecule has 1 aromatic rings. The molecule has 6 heteroatoms. The Morgan fingerprint density at radius 2 is 2.12 bits per heavy atom. The maximum absolute atomic E-state index is 11.6. The van der Waals surface area contributed by atoms with Crippen molar-refractivity contribution in [1.29, 1.82) is 0 Å². The predicted molar refractivity (Wildman–Crippen MR) is 61.2 cm³/mol. The van der Waals surface area contributed by atoms with E-state index < -0.39 is 7.12 Å². The molecule has 0 saturated heterocycles. The Kier molecular flexibility index (Phi) is 2.85. The summed E-state index contributed by atoms with van der Waals surface area (Å²) in [5.74, 6) is -0.173. The number of hydrogen-bond acceptors (Lipinski definition) is 4. The number of carbonyl (C=O) groups is 1. The molecule has 0 unspecified atom stereocenters. The summed E-state index contributed by atoms with van der Waals surface area (Å²) in [5.41, 5.74) is 6.46. The molecule has 0 aliphatic heterocycles. The van der Waals surface area contributed by atoms with Crippen molar-refractivity contribution in [1.82, 2.24) is 5.32 Å². The summed E-state index contributed by atoms with van der Waals surface area (Å²) in [6, 6.07) is 4.72. The lowest BCUT2D eigenvalue weighted by Crippen LogP contribution is -2.33. The van der Waals surface area contributed by atoms with E-state index >= 15 is 0 Å². The number of nitrogens with one attached hydrogen (secondary N) is 1. The molecular weight excluding hydrogens is 207 g/mol. The third-order valence-electron chi connectivity index (χ3n) is 2.54. The zero-order valence-corrected chi connectivity index (χ0v) is 8.68. The first kappa shape index (κ1) is 11.0. The van der Waals surface area contributed by atoms with Crippen LogP contribution in [0.25, 0.3) is 0 Å². The van der Waals surface area contributed by atoms with E-state index in [4.69, 9.17) is 15.8 Å². The second-order valence-electron chi connectivity index (χ2n) is 3.97. The van der Waals surface area contributed by atoms with Gasteiger partial charge in [0.15, 0.2) is 0 Å². The van der Waals surface area contributed by atoms with Gasteiger partial charge in [-0.3, -0.25) is 4.79 Å². The highest BCUT2D eigenvalue weighted by molar-refractivity contribution is 6.60. The molecule has 1 fully saturated rings. The van der Waals surface area contributed by atoms with Crippen molar-refractivity contribution in [2.24, 2.45) is 0 Å². The van der Waals surface area contributed by atoms with E-state index in [2.05, 4.69) is 5.32 Å². The summed E-state index contributed by atoms with van der Waals surface area (Å²) in [5, 5.41) is 20.8. The monoisotopic (exact) mass is 220 g/mol. The van der Waals surface area contributed by atoms with Crippen LogP contribution in [0.3, 0.4) is 0 Å². The van der Waals surface area contributed by atoms with Crippen LogP contribution in [0.2, 0.25) is 0 Å². The van der Waals surface area contributed by atoms with Gasteiger partial charge in [0.05, 0.1) is 0 Å². The van der Waals surface area contributed by atoms with Crippen LogP contribution >= 0.6 is 0 Å². The van der Waals surface area contributed by atoms with Crippen LogP contribution in [0.5, 0.6) is 0 Å². The second kappa shape index (κ2) is 4.15. The lowest BCUT2D eigenvalue weighted by Gasteiger charge is -2.07. The number of hydrogen-bond donors (Lipinski definition) is 4. The molecule has 5 N–H and O–H groups in total. The molecule has 1 amide bonds. The number of nitrogens with two attached hydrogens (primary N) is 1. The van der Waals surface area contributed by atoms with Gasteiger partial charge in [0.1, 0.15) is 0 Å². The fourth-order valence-electron chi connectivity index (χ4n) is 1.45. The van der Waals surface area contributed by atoms with Crippen LogP contribution in [-0.4, -0.2) is 29.1 Å². The largest absolute Gasteiger partial charge is 0.490 e. The standard InChI is InChI=1S/C10H13BN2O3/c12-9-5-6(1-4-8(9)11(15)16)10(14)13-7-2-3-7/h1,4-5,7,15-16H,2-3,12H2,(H,13,14). The molecule has 2 rings (SSSR count). The first-order chi connectivity index (χ1) is 7.58. The molecule has 0 spiro atoms. The first-order valence-electron chi connectivity index (χ1n) is 5.14. The lowest BCUT2D eigenvalue weighted by molar-refractivity contribution is 0.0951. The van der Waals surface area contributed by atoms with Gasteiger partial charge in [-0.15, -0.1) is 0 Å². The van der Waals surface area contributed by atoms with E-state index in [0.29, 0.717) is 5.56 Å². The Labute approximate surface area is 93.4 Å². The maximum Gasteiger partial charge on any atom is 0.490 e. The average Bonchev–Trinajstić information content (AvgIpc) is 3.00. The van der Waals surface area contributed by atoms with Crippen LogP contribution < -0.4 is 16.5 Å². The Hall–Kier alpha value is -1.53. The number of amides is 1. The summed E-state index contributed by atoms with van der Waals surface area (Å²) >= 11 is 0.